The Morgan fingerprint density at radius 2 is 1.85 bits per heavy atom. The molecule has 0 rings (SSSR count). The van der Waals surface area contributed by atoms with Crippen LogP contribution in [0, 0.1) is 11.8 Å². The average molecular weight is 287 g/mol. The molecule has 1 atom stereocenters. The van der Waals surface area contributed by atoms with Crippen LogP contribution in [0.15, 0.2) is 0 Å². The molecular weight excluding hydrogens is 258 g/mol. The van der Waals surface area contributed by atoms with Crippen molar-refractivity contribution in [3.8, 4) is 0 Å². The van der Waals surface area contributed by atoms with Crippen molar-refractivity contribution in [2.45, 2.75) is 33.1 Å². The number of nitrogens with zero attached hydrogens (tertiary/aromatic N) is 1. The first kappa shape index (κ1) is 18.7. The molecule has 0 aliphatic carbocycles. The van der Waals surface area contributed by atoms with Crippen LogP contribution in [0.1, 0.15) is 33.1 Å². The Kier molecular flexibility index (Phi) is 9.80. The number of amides is 2. The lowest BCUT2D eigenvalue weighted by Gasteiger charge is -2.18. The first-order valence-corrected chi connectivity index (χ1v) is 7.19. The molecule has 0 saturated carbocycles. The zero-order valence-electron chi connectivity index (χ0n) is 13.1. The van der Waals surface area contributed by atoms with Crippen LogP contribution in [0.5, 0.6) is 0 Å². The van der Waals surface area contributed by atoms with E-state index >= 15 is 0 Å². The molecule has 20 heavy (non-hydrogen) atoms. The summed E-state index contributed by atoms with van der Waals surface area (Å²) in [5.74, 6) is -0.409. The molecule has 0 heterocycles. The summed E-state index contributed by atoms with van der Waals surface area (Å²) in [5.41, 5.74) is 0. The van der Waals surface area contributed by atoms with E-state index in [1.54, 1.807) is 0 Å². The van der Waals surface area contributed by atoms with Gasteiger partial charge in [-0.25, -0.2) is 4.79 Å². The lowest BCUT2D eigenvalue weighted by molar-refractivity contribution is -0.138. The van der Waals surface area contributed by atoms with Crippen LogP contribution in [0.2, 0.25) is 0 Å². The second-order valence-electron chi connectivity index (χ2n) is 5.89. The molecule has 6 nitrogen and oxygen atoms in total. The summed E-state index contributed by atoms with van der Waals surface area (Å²) in [5, 5.41) is 14.4. The number of carbonyl (C=O) groups excluding carboxylic acids is 1. The third-order valence-electron chi connectivity index (χ3n) is 2.89. The van der Waals surface area contributed by atoms with Gasteiger partial charge in [-0.05, 0) is 45.3 Å². The average Bonchev–Trinajstić information content (AvgIpc) is 2.30. The standard InChI is InChI=1S/C14H29N3O3/c1-11(2)8-12(9-13(18)19)10-16-14(20)15-6-5-7-17(3)4/h11-12H,5-10H2,1-4H3,(H,18,19)(H2,15,16,20)/t12-/m0/s1. The molecular formula is C14H29N3O3. The van der Waals surface area contributed by atoms with Crippen LogP contribution in [-0.2, 0) is 4.79 Å². The van der Waals surface area contributed by atoms with Crippen molar-refractivity contribution < 1.29 is 14.7 Å². The monoisotopic (exact) mass is 287 g/mol. The Labute approximate surface area is 121 Å². The molecule has 0 aliphatic heterocycles. The third kappa shape index (κ3) is 11.8. The minimum Gasteiger partial charge on any atom is -0.481 e. The lowest BCUT2D eigenvalue weighted by Crippen LogP contribution is -2.39. The molecule has 3 N–H and O–H groups in total. The van der Waals surface area contributed by atoms with Crippen molar-refractivity contribution in [2.24, 2.45) is 11.8 Å². The molecule has 0 aromatic rings. The van der Waals surface area contributed by atoms with Gasteiger partial charge in [0, 0.05) is 19.5 Å². The maximum Gasteiger partial charge on any atom is 0.314 e. The van der Waals surface area contributed by atoms with Crippen LogP contribution < -0.4 is 10.6 Å². The quantitative estimate of drug-likeness (QED) is 0.530. The first-order valence-electron chi connectivity index (χ1n) is 7.19. The van der Waals surface area contributed by atoms with Gasteiger partial charge in [0.1, 0.15) is 0 Å². The zero-order chi connectivity index (χ0) is 15.5. The predicted octanol–water partition coefficient (Wildman–Crippen LogP) is 1.37. The van der Waals surface area contributed by atoms with Crippen LogP contribution in [0.4, 0.5) is 4.79 Å². The third-order valence-corrected chi connectivity index (χ3v) is 2.89. The van der Waals surface area contributed by atoms with Crippen molar-refractivity contribution in [2.75, 3.05) is 33.7 Å². The van der Waals surface area contributed by atoms with Gasteiger partial charge < -0.3 is 20.6 Å². The van der Waals surface area contributed by atoms with Gasteiger partial charge in [-0.3, -0.25) is 4.79 Å². The molecule has 0 aromatic heterocycles. The van der Waals surface area contributed by atoms with Crippen molar-refractivity contribution >= 4 is 12.0 Å². The Hall–Kier alpha value is -1.30. The van der Waals surface area contributed by atoms with E-state index in [0.717, 1.165) is 19.4 Å². The fourth-order valence-electron chi connectivity index (χ4n) is 2.05. The summed E-state index contributed by atoms with van der Waals surface area (Å²) in [6, 6.07) is -0.220. The summed E-state index contributed by atoms with van der Waals surface area (Å²) in [6.07, 6.45) is 1.79. The molecule has 118 valence electrons. The predicted molar refractivity (Wildman–Crippen MR) is 79.8 cm³/mol. The van der Waals surface area contributed by atoms with Gasteiger partial charge in [0.25, 0.3) is 0 Å². The van der Waals surface area contributed by atoms with Gasteiger partial charge in [0.15, 0.2) is 0 Å². The van der Waals surface area contributed by atoms with Gasteiger partial charge in [0.05, 0.1) is 0 Å². The molecule has 0 saturated heterocycles. The number of aliphatic carboxylic acids is 1. The van der Waals surface area contributed by atoms with Gasteiger partial charge in [-0.2, -0.15) is 0 Å². The lowest BCUT2D eigenvalue weighted by atomic mass is 9.94. The first-order chi connectivity index (χ1) is 9.31. The largest absolute Gasteiger partial charge is 0.481 e. The Morgan fingerprint density at radius 1 is 1.20 bits per heavy atom. The number of carbonyl (C=O) groups is 2. The Morgan fingerprint density at radius 3 is 2.35 bits per heavy atom. The fraction of sp³-hybridized carbons (Fsp3) is 0.857. The van der Waals surface area contributed by atoms with Crippen molar-refractivity contribution in [3.63, 3.8) is 0 Å². The summed E-state index contributed by atoms with van der Waals surface area (Å²) < 4.78 is 0. The van der Waals surface area contributed by atoms with Crippen molar-refractivity contribution in [1.29, 1.82) is 0 Å². The SMILES string of the molecule is CC(C)C[C@H](CNC(=O)NCCCN(C)C)CC(=O)O. The topological polar surface area (TPSA) is 81.7 Å². The van der Waals surface area contributed by atoms with Crippen molar-refractivity contribution in [3.05, 3.63) is 0 Å². The summed E-state index contributed by atoms with van der Waals surface area (Å²) in [7, 11) is 3.98. The van der Waals surface area contributed by atoms with E-state index < -0.39 is 5.97 Å². The second kappa shape index (κ2) is 10.5. The van der Waals surface area contributed by atoms with Crippen LogP contribution in [0.3, 0.4) is 0 Å². The number of carboxylic acids is 1. The highest BCUT2D eigenvalue weighted by atomic mass is 16.4. The molecule has 0 radical (unpaired) electrons. The van der Waals surface area contributed by atoms with Gasteiger partial charge >= 0.3 is 12.0 Å². The maximum atomic E-state index is 11.6. The minimum absolute atomic E-state index is 0.0139. The Balaban J connectivity index is 3.89. The van der Waals surface area contributed by atoms with E-state index in [0.29, 0.717) is 19.0 Å². The van der Waals surface area contributed by atoms with E-state index in [1.807, 2.05) is 14.1 Å². The van der Waals surface area contributed by atoms with Gasteiger partial charge in [-0.1, -0.05) is 13.8 Å². The van der Waals surface area contributed by atoms with E-state index in [1.165, 1.54) is 0 Å². The highest BCUT2D eigenvalue weighted by molar-refractivity contribution is 5.74. The summed E-state index contributed by atoms with van der Waals surface area (Å²) in [6.45, 7) is 6.06. The fourth-order valence-corrected chi connectivity index (χ4v) is 2.05. The molecule has 0 aromatic carbocycles. The van der Waals surface area contributed by atoms with E-state index in [-0.39, 0.29) is 18.4 Å². The molecule has 0 fully saturated rings. The molecule has 0 spiro atoms. The smallest absolute Gasteiger partial charge is 0.314 e. The normalized spacial score (nSPS) is 12.5. The summed E-state index contributed by atoms with van der Waals surface area (Å²) >= 11 is 0. The van der Waals surface area contributed by atoms with Gasteiger partial charge in [-0.15, -0.1) is 0 Å². The molecule has 2 amide bonds. The Bertz CT molecular complexity index is 293. The maximum absolute atomic E-state index is 11.6. The number of rotatable bonds is 10. The van der Waals surface area contributed by atoms with E-state index in [4.69, 9.17) is 5.11 Å². The van der Waals surface area contributed by atoms with Crippen LogP contribution >= 0.6 is 0 Å². The number of hydrogen-bond acceptors (Lipinski definition) is 3. The van der Waals surface area contributed by atoms with E-state index in [2.05, 4.69) is 29.4 Å². The molecule has 0 aliphatic rings. The molecule has 0 unspecified atom stereocenters. The highest BCUT2D eigenvalue weighted by Crippen LogP contribution is 2.14. The highest BCUT2D eigenvalue weighted by Gasteiger charge is 2.15. The second-order valence-corrected chi connectivity index (χ2v) is 5.89. The number of carboxylic acid groups (broad SMARTS) is 1. The van der Waals surface area contributed by atoms with Crippen LogP contribution in [-0.4, -0.2) is 55.7 Å². The number of urea groups is 1. The summed E-state index contributed by atoms with van der Waals surface area (Å²) in [4.78, 5) is 24.4. The minimum atomic E-state index is -0.816. The van der Waals surface area contributed by atoms with Crippen molar-refractivity contribution in [1.82, 2.24) is 15.5 Å². The van der Waals surface area contributed by atoms with Crippen LogP contribution in [0.25, 0.3) is 0 Å². The van der Waals surface area contributed by atoms with Gasteiger partial charge in [0.2, 0.25) is 0 Å². The van der Waals surface area contributed by atoms with E-state index in [9.17, 15) is 9.59 Å². The number of nitrogens with one attached hydrogen (secondary N) is 2. The zero-order valence-corrected chi connectivity index (χ0v) is 13.1. The molecule has 0 bridgehead atoms. The number of hydrogen-bond donors (Lipinski definition) is 3. The molecule has 6 heteroatoms.